The summed E-state index contributed by atoms with van der Waals surface area (Å²) in [6, 6.07) is 10.6. The third-order valence-electron chi connectivity index (χ3n) is 5.11. The van der Waals surface area contributed by atoms with Gasteiger partial charge in [0.15, 0.2) is 15.8 Å². The van der Waals surface area contributed by atoms with Gasteiger partial charge in [0.2, 0.25) is 0 Å². The summed E-state index contributed by atoms with van der Waals surface area (Å²) in [6.45, 7) is 6.36. The van der Waals surface area contributed by atoms with Crippen molar-refractivity contribution in [3.63, 3.8) is 0 Å². The Balaban J connectivity index is 0.00000338. The summed E-state index contributed by atoms with van der Waals surface area (Å²) < 4.78 is 23.6. The Morgan fingerprint density at radius 2 is 1.77 bits per heavy atom. The SMILES string of the molecule is CN=C(NCCS(=O)(=O)C(C)(C)C)NCC1(c2ccccc2)CCC1.I. The lowest BCUT2D eigenvalue weighted by Gasteiger charge is -2.43. The third-order valence-corrected chi connectivity index (χ3v) is 7.72. The first-order valence-electron chi connectivity index (χ1n) is 8.93. The van der Waals surface area contributed by atoms with E-state index in [4.69, 9.17) is 0 Å². The summed E-state index contributed by atoms with van der Waals surface area (Å²) >= 11 is 0. The highest BCUT2D eigenvalue weighted by Crippen LogP contribution is 2.43. The summed E-state index contributed by atoms with van der Waals surface area (Å²) in [7, 11) is -1.41. The Hall–Kier alpha value is -0.830. The number of halogens is 1. The molecule has 0 atom stereocenters. The summed E-state index contributed by atoms with van der Waals surface area (Å²) in [5, 5.41) is 6.51. The first kappa shape index (κ1) is 23.2. The molecule has 0 aromatic heterocycles. The van der Waals surface area contributed by atoms with Gasteiger partial charge in [0, 0.05) is 25.6 Å². The quantitative estimate of drug-likeness (QED) is 0.363. The van der Waals surface area contributed by atoms with Crippen molar-refractivity contribution in [3.05, 3.63) is 35.9 Å². The van der Waals surface area contributed by atoms with Crippen LogP contribution in [0.2, 0.25) is 0 Å². The molecule has 5 nitrogen and oxygen atoms in total. The van der Waals surface area contributed by atoms with Crippen molar-refractivity contribution in [2.24, 2.45) is 4.99 Å². The van der Waals surface area contributed by atoms with Gasteiger partial charge in [-0.05, 0) is 39.2 Å². The van der Waals surface area contributed by atoms with Crippen LogP contribution in [-0.4, -0.2) is 45.0 Å². The minimum absolute atomic E-state index is 0. The Bertz CT molecular complexity index is 693. The van der Waals surface area contributed by atoms with Crippen molar-refractivity contribution < 1.29 is 8.42 Å². The molecule has 2 rings (SSSR count). The van der Waals surface area contributed by atoms with Gasteiger partial charge in [0.05, 0.1) is 10.5 Å². The van der Waals surface area contributed by atoms with Crippen LogP contribution < -0.4 is 10.6 Å². The van der Waals surface area contributed by atoms with Crippen LogP contribution >= 0.6 is 24.0 Å². The molecule has 1 fully saturated rings. The average molecular weight is 493 g/mol. The van der Waals surface area contributed by atoms with E-state index in [0.717, 1.165) is 6.54 Å². The molecule has 0 aliphatic heterocycles. The van der Waals surface area contributed by atoms with Crippen LogP contribution in [0.4, 0.5) is 0 Å². The van der Waals surface area contributed by atoms with Gasteiger partial charge in [-0.25, -0.2) is 8.42 Å². The molecule has 0 unspecified atom stereocenters. The van der Waals surface area contributed by atoms with E-state index in [1.807, 2.05) is 6.07 Å². The second kappa shape index (κ2) is 9.39. The molecule has 0 saturated heterocycles. The maximum Gasteiger partial charge on any atom is 0.191 e. The molecule has 2 N–H and O–H groups in total. The monoisotopic (exact) mass is 493 g/mol. The lowest BCUT2D eigenvalue weighted by molar-refractivity contribution is 0.244. The second-order valence-corrected chi connectivity index (χ2v) is 10.6. The van der Waals surface area contributed by atoms with E-state index in [9.17, 15) is 8.42 Å². The van der Waals surface area contributed by atoms with Crippen molar-refractivity contribution in [1.82, 2.24) is 10.6 Å². The highest BCUT2D eigenvalue weighted by atomic mass is 127. The summed E-state index contributed by atoms with van der Waals surface area (Å²) in [5.41, 5.74) is 1.52. The molecular formula is C19H32IN3O2S. The number of rotatable bonds is 6. The predicted octanol–water partition coefficient (Wildman–Crippen LogP) is 3.10. The first-order valence-corrected chi connectivity index (χ1v) is 10.6. The van der Waals surface area contributed by atoms with E-state index < -0.39 is 14.6 Å². The number of hydrogen-bond acceptors (Lipinski definition) is 3. The van der Waals surface area contributed by atoms with Gasteiger partial charge in [0.1, 0.15) is 0 Å². The van der Waals surface area contributed by atoms with Gasteiger partial charge in [0.25, 0.3) is 0 Å². The highest BCUT2D eigenvalue weighted by molar-refractivity contribution is 14.0. The molecule has 0 amide bonds. The fourth-order valence-electron chi connectivity index (χ4n) is 3.05. The normalized spacial score (nSPS) is 17.0. The molecule has 0 bridgehead atoms. The molecule has 1 aromatic carbocycles. The van der Waals surface area contributed by atoms with Crippen molar-refractivity contribution in [2.75, 3.05) is 25.9 Å². The number of guanidine groups is 1. The van der Waals surface area contributed by atoms with E-state index >= 15 is 0 Å². The first-order chi connectivity index (χ1) is 11.7. The molecule has 1 saturated carbocycles. The molecular weight excluding hydrogens is 461 g/mol. The number of sulfone groups is 1. The van der Waals surface area contributed by atoms with Crippen molar-refractivity contribution >= 4 is 39.8 Å². The van der Waals surface area contributed by atoms with E-state index in [1.54, 1.807) is 27.8 Å². The van der Waals surface area contributed by atoms with E-state index in [-0.39, 0.29) is 35.1 Å². The molecule has 0 spiro atoms. The van der Waals surface area contributed by atoms with Gasteiger partial charge in [-0.3, -0.25) is 4.99 Å². The molecule has 1 aliphatic carbocycles. The van der Waals surface area contributed by atoms with Gasteiger partial charge in [-0.1, -0.05) is 36.8 Å². The van der Waals surface area contributed by atoms with Gasteiger partial charge < -0.3 is 10.6 Å². The minimum Gasteiger partial charge on any atom is -0.356 e. The molecule has 0 radical (unpaired) electrons. The Kier molecular flexibility index (Phi) is 8.38. The Morgan fingerprint density at radius 3 is 2.23 bits per heavy atom. The Labute approximate surface area is 175 Å². The lowest BCUT2D eigenvalue weighted by Crippen LogP contribution is -2.49. The lowest BCUT2D eigenvalue weighted by atomic mass is 9.64. The molecule has 26 heavy (non-hydrogen) atoms. The average Bonchev–Trinajstić information content (AvgIpc) is 2.52. The zero-order chi connectivity index (χ0) is 18.6. The number of nitrogens with zero attached hydrogens (tertiary/aromatic N) is 1. The van der Waals surface area contributed by atoms with Crippen LogP contribution in [0, 0.1) is 0 Å². The van der Waals surface area contributed by atoms with Crippen LogP contribution in [0.15, 0.2) is 35.3 Å². The van der Waals surface area contributed by atoms with Crippen LogP contribution in [0.3, 0.4) is 0 Å². The third kappa shape index (κ3) is 5.58. The van der Waals surface area contributed by atoms with Gasteiger partial charge in [-0.2, -0.15) is 0 Å². The summed E-state index contributed by atoms with van der Waals surface area (Å²) in [6.07, 6.45) is 3.57. The standard InChI is InChI=1S/C19H31N3O2S.HI/c1-18(2,3)25(23,24)14-13-21-17(20-4)22-15-19(11-8-12-19)16-9-6-5-7-10-16;/h5-7,9-10H,8,11-15H2,1-4H3,(H2,20,21,22);1H. The second-order valence-electron chi connectivity index (χ2n) is 7.78. The molecule has 148 valence electrons. The molecule has 0 heterocycles. The number of benzene rings is 1. The van der Waals surface area contributed by atoms with Crippen molar-refractivity contribution in [1.29, 1.82) is 0 Å². The fourth-order valence-corrected chi connectivity index (χ4v) is 4.03. The molecule has 1 aliphatic rings. The van der Waals surface area contributed by atoms with E-state index in [1.165, 1.54) is 24.8 Å². The van der Waals surface area contributed by atoms with Gasteiger partial charge in [-0.15, -0.1) is 24.0 Å². The highest BCUT2D eigenvalue weighted by Gasteiger charge is 2.38. The van der Waals surface area contributed by atoms with Crippen LogP contribution in [0.1, 0.15) is 45.6 Å². The maximum atomic E-state index is 12.2. The fraction of sp³-hybridized carbons (Fsp3) is 0.632. The largest absolute Gasteiger partial charge is 0.356 e. The zero-order valence-electron chi connectivity index (χ0n) is 16.2. The topological polar surface area (TPSA) is 70.6 Å². The minimum atomic E-state index is -3.13. The zero-order valence-corrected chi connectivity index (χ0v) is 19.4. The van der Waals surface area contributed by atoms with Gasteiger partial charge >= 0.3 is 0 Å². The molecule has 7 heteroatoms. The van der Waals surface area contributed by atoms with E-state index in [0.29, 0.717) is 12.5 Å². The molecule has 1 aromatic rings. The predicted molar refractivity (Wildman–Crippen MR) is 120 cm³/mol. The van der Waals surface area contributed by atoms with Crippen molar-refractivity contribution in [2.45, 2.75) is 50.2 Å². The van der Waals surface area contributed by atoms with Crippen LogP contribution in [0.25, 0.3) is 0 Å². The number of nitrogens with one attached hydrogen (secondary N) is 2. The number of hydrogen-bond donors (Lipinski definition) is 2. The summed E-state index contributed by atoms with van der Waals surface area (Å²) in [5.74, 6) is 0.757. The van der Waals surface area contributed by atoms with Crippen LogP contribution in [0.5, 0.6) is 0 Å². The van der Waals surface area contributed by atoms with E-state index in [2.05, 4.69) is 39.9 Å². The van der Waals surface area contributed by atoms with Crippen molar-refractivity contribution in [3.8, 4) is 0 Å². The smallest absolute Gasteiger partial charge is 0.191 e. The Morgan fingerprint density at radius 1 is 1.15 bits per heavy atom. The maximum absolute atomic E-state index is 12.2. The number of aliphatic imine (C=N–C) groups is 1. The van der Waals surface area contributed by atoms with Crippen LogP contribution in [-0.2, 0) is 15.3 Å². The summed E-state index contributed by atoms with van der Waals surface area (Å²) in [4.78, 5) is 4.22.